The molecule has 172 valence electrons. The van der Waals surface area contributed by atoms with Crippen LogP contribution in [0, 0.1) is 0 Å². The van der Waals surface area contributed by atoms with Crippen LogP contribution in [-0.2, 0) is 4.79 Å². The molecule has 2 heterocycles. The third-order valence-electron chi connectivity index (χ3n) is 5.68. The highest BCUT2D eigenvalue weighted by Gasteiger charge is 2.22. The van der Waals surface area contributed by atoms with Gasteiger partial charge in [-0.3, -0.25) is 14.3 Å². The van der Waals surface area contributed by atoms with E-state index in [4.69, 9.17) is 4.74 Å². The van der Waals surface area contributed by atoms with Crippen molar-refractivity contribution < 1.29 is 9.53 Å². The highest BCUT2D eigenvalue weighted by Crippen LogP contribution is 2.30. The summed E-state index contributed by atoms with van der Waals surface area (Å²) < 4.78 is 7.27. The highest BCUT2D eigenvalue weighted by atomic mass is 32.2. The van der Waals surface area contributed by atoms with Gasteiger partial charge in [-0.2, -0.15) is 0 Å². The minimum Gasteiger partial charge on any atom is -0.497 e. The summed E-state index contributed by atoms with van der Waals surface area (Å²) in [5.74, 6) is 1.47. The van der Waals surface area contributed by atoms with E-state index >= 15 is 0 Å². The summed E-state index contributed by atoms with van der Waals surface area (Å²) in [4.78, 5) is 16.9. The molecule has 1 aliphatic carbocycles. The maximum atomic E-state index is 12.8. The quantitative estimate of drug-likeness (QED) is 0.362. The van der Waals surface area contributed by atoms with Gasteiger partial charge in [0.15, 0.2) is 11.0 Å². The number of hydrogen-bond acceptors (Lipinski definition) is 6. The first-order chi connectivity index (χ1) is 16.2. The Morgan fingerprint density at radius 2 is 1.94 bits per heavy atom. The summed E-state index contributed by atoms with van der Waals surface area (Å²) in [5.41, 5.74) is 3.26. The summed E-state index contributed by atoms with van der Waals surface area (Å²) in [6.07, 6.45) is 11.6. The SMILES string of the molecule is COc1ccc(-n2c(SC(C)C(=O)NCCC3=CCCCC3)nnc2-c2ccncc2)cc1. The van der Waals surface area contributed by atoms with Gasteiger partial charge >= 0.3 is 0 Å². The average molecular weight is 464 g/mol. The number of pyridine rings is 1. The number of allylic oxidation sites excluding steroid dienone is 1. The molecule has 4 rings (SSSR count). The van der Waals surface area contributed by atoms with Gasteiger partial charge in [0.2, 0.25) is 5.91 Å². The monoisotopic (exact) mass is 463 g/mol. The predicted molar refractivity (Wildman–Crippen MR) is 131 cm³/mol. The molecular formula is C25H29N5O2S. The number of nitrogens with one attached hydrogen (secondary N) is 1. The molecule has 0 bridgehead atoms. The van der Waals surface area contributed by atoms with Crippen LogP contribution in [-0.4, -0.2) is 44.6 Å². The summed E-state index contributed by atoms with van der Waals surface area (Å²) in [6, 6.07) is 11.5. The number of carbonyl (C=O) groups excluding carboxylic acids is 1. The molecule has 1 atom stereocenters. The molecule has 1 aromatic carbocycles. The average Bonchev–Trinajstić information content (AvgIpc) is 3.28. The Labute approximate surface area is 198 Å². The van der Waals surface area contributed by atoms with Crippen molar-refractivity contribution in [2.75, 3.05) is 13.7 Å². The molecule has 0 saturated carbocycles. The van der Waals surface area contributed by atoms with E-state index in [1.807, 2.05) is 47.9 Å². The predicted octanol–water partition coefficient (Wildman–Crippen LogP) is 4.83. The number of methoxy groups -OCH3 is 1. The fraction of sp³-hybridized carbons (Fsp3) is 0.360. The van der Waals surface area contributed by atoms with E-state index in [9.17, 15) is 4.79 Å². The van der Waals surface area contributed by atoms with Crippen molar-refractivity contribution in [2.24, 2.45) is 0 Å². The van der Waals surface area contributed by atoms with Gasteiger partial charge in [-0.1, -0.05) is 23.4 Å². The van der Waals surface area contributed by atoms with Crippen LogP contribution in [0.4, 0.5) is 0 Å². The number of amides is 1. The zero-order valence-electron chi connectivity index (χ0n) is 19.0. The van der Waals surface area contributed by atoms with Crippen molar-refractivity contribution in [3.05, 3.63) is 60.4 Å². The second-order valence-electron chi connectivity index (χ2n) is 7.98. The van der Waals surface area contributed by atoms with Crippen molar-refractivity contribution >= 4 is 17.7 Å². The molecule has 7 nitrogen and oxygen atoms in total. The lowest BCUT2D eigenvalue weighted by molar-refractivity contribution is -0.120. The third-order valence-corrected chi connectivity index (χ3v) is 6.73. The molecule has 33 heavy (non-hydrogen) atoms. The van der Waals surface area contributed by atoms with E-state index in [0.717, 1.165) is 36.3 Å². The molecule has 1 aliphatic rings. The lowest BCUT2D eigenvalue weighted by Crippen LogP contribution is -2.32. The van der Waals surface area contributed by atoms with E-state index < -0.39 is 0 Å². The van der Waals surface area contributed by atoms with Crippen molar-refractivity contribution in [3.63, 3.8) is 0 Å². The Hall–Kier alpha value is -3.13. The fourth-order valence-corrected chi connectivity index (χ4v) is 4.72. The number of nitrogens with zero attached hydrogens (tertiary/aromatic N) is 4. The number of benzene rings is 1. The van der Waals surface area contributed by atoms with Crippen LogP contribution >= 0.6 is 11.8 Å². The van der Waals surface area contributed by atoms with E-state index in [-0.39, 0.29) is 11.2 Å². The summed E-state index contributed by atoms with van der Waals surface area (Å²) in [5, 5.41) is 12.3. The largest absolute Gasteiger partial charge is 0.497 e. The van der Waals surface area contributed by atoms with Crippen molar-refractivity contribution in [1.29, 1.82) is 0 Å². The van der Waals surface area contributed by atoms with Crippen LogP contribution in [0.5, 0.6) is 5.75 Å². The van der Waals surface area contributed by atoms with E-state index in [0.29, 0.717) is 17.5 Å². The molecule has 1 amide bonds. The topological polar surface area (TPSA) is 81.9 Å². The van der Waals surface area contributed by atoms with Crippen molar-refractivity contribution in [3.8, 4) is 22.8 Å². The number of carbonyl (C=O) groups is 1. The van der Waals surface area contributed by atoms with Gasteiger partial charge in [0.05, 0.1) is 12.4 Å². The lowest BCUT2D eigenvalue weighted by Gasteiger charge is -2.16. The van der Waals surface area contributed by atoms with Crippen LogP contribution in [0.25, 0.3) is 17.1 Å². The van der Waals surface area contributed by atoms with Crippen molar-refractivity contribution in [2.45, 2.75) is 49.4 Å². The van der Waals surface area contributed by atoms with Gasteiger partial charge in [-0.15, -0.1) is 10.2 Å². The third kappa shape index (κ3) is 5.82. The number of rotatable bonds is 9. The maximum absolute atomic E-state index is 12.8. The molecule has 1 N–H and O–H groups in total. The van der Waals surface area contributed by atoms with E-state index in [2.05, 4.69) is 26.6 Å². The summed E-state index contributed by atoms with van der Waals surface area (Å²) in [7, 11) is 1.64. The zero-order chi connectivity index (χ0) is 23.0. The number of hydrogen-bond donors (Lipinski definition) is 1. The Kier molecular flexibility index (Phi) is 7.78. The van der Waals surface area contributed by atoms with Crippen molar-refractivity contribution in [1.82, 2.24) is 25.1 Å². The Morgan fingerprint density at radius 3 is 2.64 bits per heavy atom. The molecule has 0 radical (unpaired) electrons. The molecule has 0 fully saturated rings. The van der Waals surface area contributed by atoms with Gasteiger partial charge < -0.3 is 10.1 Å². The van der Waals surface area contributed by atoms with Crippen LogP contribution in [0.3, 0.4) is 0 Å². The van der Waals surface area contributed by atoms with Crippen LogP contribution in [0.1, 0.15) is 39.0 Å². The van der Waals surface area contributed by atoms with E-state index in [1.54, 1.807) is 19.5 Å². The van der Waals surface area contributed by atoms with Crippen LogP contribution < -0.4 is 10.1 Å². The Bertz CT molecular complexity index is 1100. The number of ether oxygens (including phenoxy) is 1. The molecule has 0 saturated heterocycles. The first kappa shape index (κ1) is 23.0. The molecule has 2 aromatic heterocycles. The Balaban J connectivity index is 1.51. The van der Waals surface area contributed by atoms with Crippen LogP contribution in [0.2, 0.25) is 0 Å². The summed E-state index contributed by atoms with van der Waals surface area (Å²) >= 11 is 1.40. The smallest absolute Gasteiger partial charge is 0.233 e. The standard InChI is InChI=1S/C25H29N5O2S/c1-18(24(31)27-17-12-19-6-4-3-5-7-19)33-25-29-28-23(20-13-15-26-16-14-20)30(25)21-8-10-22(32-2)11-9-21/h6,8-11,13-16,18H,3-5,7,12,17H2,1-2H3,(H,27,31). The minimum atomic E-state index is -0.308. The Morgan fingerprint density at radius 1 is 1.15 bits per heavy atom. The van der Waals surface area contributed by atoms with E-state index in [1.165, 1.54) is 30.2 Å². The first-order valence-corrected chi connectivity index (χ1v) is 12.2. The molecule has 0 spiro atoms. The first-order valence-electron chi connectivity index (χ1n) is 11.3. The second kappa shape index (κ2) is 11.1. The lowest BCUT2D eigenvalue weighted by atomic mass is 9.97. The second-order valence-corrected chi connectivity index (χ2v) is 9.29. The maximum Gasteiger partial charge on any atom is 0.233 e. The van der Waals surface area contributed by atoms with Gasteiger partial charge in [0.1, 0.15) is 5.75 Å². The van der Waals surface area contributed by atoms with Gasteiger partial charge in [0.25, 0.3) is 0 Å². The number of aromatic nitrogens is 4. The van der Waals surface area contributed by atoms with Gasteiger partial charge in [-0.25, -0.2) is 0 Å². The fourth-order valence-electron chi connectivity index (χ4n) is 3.83. The molecular weight excluding hydrogens is 434 g/mol. The zero-order valence-corrected chi connectivity index (χ0v) is 19.8. The summed E-state index contributed by atoms with van der Waals surface area (Å²) in [6.45, 7) is 2.57. The molecule has 0 aliphatic heterocycles. The normalized spacial score (nSPS) is 14.4. The highest BCUT2D eigenvalue weighted by molar-refractivity contribution is 8.00. The van der Waals surface area contributed by atoms with Crippen LogP contribution in [0.15, 0.2) is 65.6 Å². The number of thioether (sulfide) groups is 1. The minimum absolute atomic E-state index is 0.00570. The molecule has 1 unspecified atom stereocenters. The van der Waals surface area contributed by atoms with Gasteiger partial charge in [0, 0.05) is 30.2 Å². The van der Waals surface area contributed by atoms with Gasteiger partial charge in [-0.05, 0) is 75.4 Å². The molecule has 8 heteroatoms. The molecule has 3 aromatic rings.